The lowest BCUT2D eigenvalue weighted by Gasteiger charge is -2.26. The molecule has 22 nitrogen and oxygen atoms in total. The maximum atomic E-state index is 14.7. The summed E-state index contributed by atoms with van der Waals surface area (Å²) in [6.07, 6.45) is 5.58. The summed E-state index contributed by atoms with van der Waals surface area (Å²) in [5.41, 5.74) is -1.09. The fourth-order valence-corrected chi connectivity index (χ4v) is 8.92. The Bertz CT molecular complexity index is 3450. The summed E-state index contributed by atoms with van der Waals surface area (Å²) in [6.45, 7) is 0. The van der Waals surface area contributed by atoms with Crippen LogP contribution in [0.15, 0.2) is 110 Å². The summed E-state index contributed by atoms with van der Waals surface area (Å²) in [5.74, 6) is -1.32. The maximum Gasteiger partial charge on any atom is 0.337 e. The summed E-state index contributed by atoms with van der Waals surface area (Å²) in [4.78, 5) is 66.4. The highest BCUT2D eigenvalue weighted by molar-refractivity contribution is 7.95. The number of para-hydroxylation sites is 1. The van der Waals surface area contributed by atoms with Gasteiger partial charge in [0.25, 0.3) is 15.7 Å². The molecule has 0 saturated heterocycles. The number of carboxylic acids is 1. The number of rotatable bonds is 16. The first-order valence-electron chi connectivity index (χ1n) is 18.7. The number of pyridine rings is 1. The van der Waals surface area contributed by atoms with E-state index >= 15 is 0 Å². The van der Waals surface area contributed by atoms with E-state index in [9.17, 15) is 42.4 Å². The monoisotopic (exact) mass is 965 g/mol. The average Bonchev–Trinajstić information content (AvgIpc) is 3.30. The second-order valence-corrected chi connectivity index (χ2v) is 16.7. The van der Waals surface area contributed by atoms with Gasteiger partial charge < -0.3 is 30.7 Å². The number of anilines is 6. The van der Waals surface area contributed by atoms with Crippen molar-refractivity contribution in [2.75, 3.05) is 16.0 Å². The summed E-state index contributed by atoms with van der Waals surface area (Å²) in [7, 11) is -3.74. The SMILES string of the molecule is C#Cc1cccc(C(=O)O)c1Nc1nc(O)nc(Nc2cc(Nc3ccc4c5c3C(=O)c3ccccc3-c5c(C(=O)c3cccc(SOOO)c3)c(=O)n4C)c(SOOO)cc2S(=O)(=O)O)n1. The second-order valence-electron chi connectivity index (χ2n) is 13.8. The zero-order valence-electron chi connectivity index (χ0n) is 33.6. The minimum atomic E-state index is -5.16. The van der Waals surface area contributed by atoms with Crippen molar-refractivity contribution in [3.63, 3.8) is 0 Å². The first-order valence-corrected chi connectivity index (χ1v) is 21.6. The molecular weight excluding hydrogens is 939 g/mol. The summed E-state index contributed by atoms with van der Waals surface area (Å²) >= 11 is 0.855. The van der Waals surface area contributed by atoms with E-state index < -0.39 is 61.7 Å². The van der Waals surface area contributed by atoms with Crippen LogP contribution in [0.4, 0.5) is 34.6 Å². The van der Waals surface area contributed by atoms with Crippen LogP contribution in [0, 0.1) is 12.3 Å². The van der Waals surface area contributed by atoms with Gasteiger partial charge in [-0.25, -0.2) is 15.3 Å². The number of hydrogen-bond donors (Lipinski definition) is 8. The molecule has 0 saturated carbocycles. The summed E-state index contributed by atoms with van der Waals surface area (Å²) in [6, 6.07) is 20.3. The molecule has 25 heteroatoms. The number of nitrogens with zero attached hydrogens (tertiary/aromatic N) is 4. The molecular formula is C42H27N7O15S3. The van der Waals surface area contributed by atoms with E-state index in [4.69, 9.17) is 16.9 Å². The van der Waals surface area contributed by atoms with Crippen molar-refractivity contribution < 1.29 is 66.8 Å². The van der Waals surface area contributed by atoms with E-state index in [2.05, 4.69) is 55.6 Å². The van der Waals surface area contributed by atoms with E-state index in [1.807, 2.05) is 0 Å². The lowest BCUT2D eigenvalue weighted by molar-refractivity contribution is -0.432. The number of aromatic carboxylic acids is 1. The van der Waals surface area contributed by atoms with Gasteiger partial charge in [-0.15, -0.1) is 15.1 Å². The highest BCUT2D eigenvalue weighted by Crippen LogP contribution is 2.46. The van der Waals surface area contributed by atoms with Crippen molar-refractivity contribution in [2.24, 2.45) is 7.05 Å². The first-order chi connectivity index (χ1) is 32.1. The van der Waals surface area contributed by atoms with Crippen LogP contribution in [0.1, 0.15) is 47.8 Å². The van der Waals surface area contributed by atoms with Gasteiger partial charge in [-0.2, -0.15) is 23.4 Å². The molecule has 0 spiro atoms. The van der Waals surface area contributed by atoms with Crippen LogP contribution in [0.2, 0.25) is 0 Å². The highest BCUT2D eigenvalue weighted by atomic mass is 32.2. The number of aromatic nitrogens is 4. The Morgan fingerprint density at radius 2 is 1.49 bits per heavy atom. The normalized spacial score (nSPS) is 11.8. The minimum absolute atomic E-state index is 0.0351. The minimum Gasteiger partial charge on any atom is -0.479 e. The Morgan fingerprint density at radius 3 is 2.19 bits per heavy atom. The number of fused-ring (bicyclic) bond motifs is 2. The lowest BCUT2D eigenvalue weighted by Crippen LogP contribution is -2.29. The molecule has 8 rings (SSSR count). The molecule has 338 valence electrons. The molecule has 1 aliphatic rings. The number of carbonyl (C=O) groups is 3. The molecule has 8 N–H and O–H groups in total. The van der Waals surface area contributed by atoms with E-state index in [-0.39, 0.29) is 89.4 Å². The molecule has 0 amide bonds. The highest BCUT2D eigenvalue weighted by Gasteiger charge is 2.35. The number of benzene rings is 5. The quantitative estimate of drug-likeness (QED) is 0.0122. The zero-order chi connectivity index (χ0) is 47.7. The Labute approximate surface area is 384 Å². The van der Waals surface area contributed by atoms with Crippen molar-refractivity contribution in [3.8, 4) is 29.5 Å². The Morgan fingerprint density at radius 1 is 0.791 bits per heavy atom. The molecule has 0 aliphatic heterocycles. The molecule has 1 aliphatic carbocycles. The van der Waals surface area contributed by atoms with Crippen molar-refractivity contribution in [3.05, 3.63) is 135 Å². The van der Waals surface area contributed by atoms with Crippen LogP contribution >= 0.6 is 24.1 Å². The molecule has 0 bridgehead atoms. The van der Waals surface area contributed by atoms with Crippen LogP contribution in [0.3, 0.4) is 0 Å². The van der Waals surface area contributed by atoms with Crippen LogP contribution in [-0.2, 0) is 35.9 Å². The number of ketones is 2. The number of terminal acetylenes is 1. The fourth-order valence-electron chi connectivity index (χ4n) is 7.31. The van der Waals surface area contributed by atoms with Crippen LogP contribution in [-0.4, -0.2) is 70.8 Å². The first kappa shape index (κ1) is 45.8. The van der Waals surface area contributed by atoms with Crippen LogP contribution in [0.25, 0.3) is 22.0 Å². The van der Waals surface area contributed by atoms with E-state index in [0.717, 1.165) is 12.1 Å². The average molecular weight is 966 g/mol. The predicted octanol–water partition coefficient (Wildman–Crippen LogP) is 6.89. The van der Waals surface area contributed by atoms with Crippen molar-refractivity contribution in [2.45, 2.75) is 14.7 Å². The predicted molar refractivity (Wildman–Crippen MR) is 238 cm³/mol. The van der Waals surface area contributed by atoms with Gasteiger partial charge in [0.05, 0.1) is 73.9 Å². The van der Waals surface area contributed by atoms with E-state index in [1.165, 1.54) is 66.2 Å². The van der Waals surface area contributed by atoms with Crippen LogP contribution < -0.4 is 21.5 Å². The standard InChI is InChI=1S/C42H27N7O15S3/c1-3-19-8-7-13-24(39(53)54)35(19)45-41-46-40(47-42(55)48-41)44-27-17-26(29(66-64-62-57)18-30(27)67(58,59)60)43-25-14-15-28-33-31(22-11-4-5-12-23(22)37(51)32(25)33)34(38(52)49(28)2)36(50)20-9-6-10-21(16-20)65-63-61-56/h1,4-18,43,56-57H,2H3,(H,53,54)(H,58,59,60)(H3,44,45,46,47,48,55). The third kappa shape index (κ3) is 8.86. The number of carboxylic acid groups (broad SMARTS) is 1. The largest absolute Gasteiger partial charge is 0.479 e. The fraction of sp³-hybridized carbons (Fsp3) is 0.0238. The van der Waals surface area contributed by atoms with Gasteiger partial charge in [-0.1, -0.05) is 58.5 Å². The smallest absolute Gasteiger partial charge is 0.337 e. The number of aromatic hydroxyl groups is 1. The number of carbonyl (C=O) groups excluding carboxylic acids is 2. The van der Waals surface area contributed by atoms with Gasteiger partial charge in [0, 0.05) is 39.6 Å². The van der Waals surface area contributed by atoms with Crippen molar-refractivity contribution in [1.29, 1.82) is 0 Å². The third-order valence-corrected chi connectivity index (χ3v) is 12.2. The molecule has 67 heavy (non-hydrogen) atoms. The van der Waals surface area contributed by atoms with Gasteiger partial charge in [0.2, 0.25) is 11.9 Å². The molecule has 2 aromatic heterocycles. The van der Waals surface area contributed by atoms with E-state index in [0.29, 0.717) is 16.9 Å². The molecule has 0 atom stereocenters. The number of hydrogen-bond acceptors (Lipinski definition) is 21. The van der Waals surface area contributed by atoms with Crippen molar-refractivity contribution >= 4 is 97.3 Å². The van der Waals surface area contributed by atoms with Crippen molar-refractivity contribution in [1.82, 2.24) is 19.5 Å². The Kier molecular flexibility index (Phi) is 12.7. The third-order valence-electron chi connectivity index (χ3n) is 10.1. The van der Waals surface area contributed by atoms with Gasteiger partial charge in [0.1, 0.15) is 4.90 Å². The molecule has 0 fully saturated rings. The Balaban J connectivity index is 1.29. The van der Waals surface area contributed by atoms with Gasteiger partial charge >= 0.3 is 12.0 Å². The van der Waals surface area contributed by atoms with Gasteiger partial charge in [0.15, 0.2) is 11.6 Å². The van der Waals surface area contributed by atoms with Crippen LogP contribution in [0.5, 0.6) is 6.01 Å². The molecule has 5 aromatic carbocycles. The molecule has 0 radical (unpaired) electrons. The Hall–Kier alpha value is -7.74. The summed E-state index contributed by atoms with van der Waals surface area (Å²) in [5, 5.41) is 53.9. The molecule has 0 unspecified atom stereocenters. The number of nitrogens with one attached hydrogen (secondary N) is 3. The maximum absolute atomic E-state index is 14.7. The lowest BCUT2D eigenvalue weighted by atomic mass is 9.80. The summed E-state index contributed by atoms with van der Waals surface area (Å²) < 4.78 is 46.6. The number of aryl methyl sites for hydroxylation is 1. The second kappa shape index (κ2) is 18.6. The molecule has 7 aromatic rings. The topological polar surface area (TPSA) is 320 Å². The zero-order valence-corrected chi connectivity index (χ0v) is 36.0. The van der Waals surface area contributed by atoms with E-state index in [1.54, 1.807) is 24.3 Å². The van der Waals surface area contributed by atoms with Gasteiger partial charge in [-0.3, -0.25) is 18.9 Å². The molecule has 2 heterocycles. The van der Waals surface area contributed by atoms with Gasteiger partial charge in [-0.05, 0) is 54.1 Å².